The zero-order valence-electron chi connectivity index (χ0n) is 7.90. The molecule has 1 atom stereocenters. The highest BCUT2D eigenvalue weighted by molar-refractivity contribution is 8.00. The Labute approximate surface area is 90.8 Å². The summed E-state index contributed by atoms with van der Waals surface area (Å²) in [6, 6.07) is 10.1. The maximum absolute atomic E-state index is 11.0. The van der Waals surface area contributed by atoms with Crippen molar-refractivity contribution in [3.05, 3.63) is 36.0 Å². The molecule has 3 rings (SSSR count). The maximum Gasteiger partial charge on any atom is 0.317 e. The number of hydrogen-bond acceptors (Lipinski definition) is 3. The van der Waals surface area contributed by atoms with Crippen molar-refractivity contribution < 1.29 is 9.53 Å². The number of thioether (sulfide) groups is 1. The largest absolute Gasteiger partial charge is 0.444 e. The Morgan fingerprint density at radius 1 is 1.40 bits per heavy atom. The van der Waals surface area contributed by atoms with Crippen LogP contribution < -0.4 is 0 Å². The van der Waals surface area contributed by atoms with E-state index in [1.807, 2.05) is 30.3 Å². The van der Waals surface area contributed by atoms with Crippen LogP contribution in [0, 0.1) is 0 Å². The van der Waals surface area contributed by atoms with Crippen LogP contribution in [-0.4, -0.2) is 16.7 Å². The molecule has 1 aliphatic heterocycles. The van der Waals surface area contributed by atoms with Crippen molar-refractivity contribution in [3.8, 4) is 0 Å². The van der Waals surface area contributed by atoms with Crippen LogP contribution in [-0.2, 0) is 9.53 Å². The number of rotatable bonds is 1. The van der Waals surface area contributed by atoms with Gasteiger partial charge in [-0.2, -0.15) is 0 Å². The van der Waals surface area contributed by atoms with Crippen LogP contribution in [0.1, 0.15) is 11.1 Å². The summed E-state index contributed by atoms with van der Waals surface area (Å²) in [5.41, 5.74) is 1.88. The van der Waals surface area contributed by atoms with Gasteiger partial charge >= 0.3 is 5.97 Å². The molecule has 15 heavy (non-hydrogen) atoms. The highest BCUT2D eigenvalue weighted by Gasteiger charge is 2.26. The first kappa shape index (κ1) is 8.85. The van der Waals surface area contributed by atoms with Crippen molar-refractivity contribution in [1.29, 1.82) is 0 Å². The molecule has 0 bridgehead atoms. The van der Waals surface area contributed by atoms with Gasteiger partial charge in [0.05, 0.1) is 11.4 Å². The Bertz CT molecular complexity index is 487. The molecule has 4 heteroatoms. The number of para-hydroxylation sites is 1. The molecule has 2 aromatic rings. The summed E-state index contributed by atoms with van der Waals surface area (Å²) in [4.78, 5) is 14.2. The molecule has 0 amide bonds. The van der Waals surface area contributed by atoms with Gasteiger partial charge in [-0.3, -0.25) is 4.79 Å². The Balaban J connectivity index is 2.01. The monoisotopic (exact) mass is 219 g/mol. The molecule has 0 saturated carbocycles. The molecular formula is C11H9NO2S. The van der Waals surface area contributed by atoms with Gasteiger partial charge in [-0.15, -0.1) is 0 Å². The smallest absolute Gasteiger partial charge is 0.317 e. The highest BCUT2D eigenvalue weighted by Crippen LogP contribution is 2.36. The lowest BCUT2D eigenvalue weighted by Crippen LogP contribution is -1.98. The Hall–Kier alpha value is -1.42. The number of H-pyrrole nitrogens is 1. The fourth-order valence-electron chi connectivity index (χ4n) is 1.71. The van der Waals surface area contributed by atoms with E-state index in [1.54, 1.807) is 0 Å². The number of ether oxygens (including phenoxy) is 1. The van der Waals surface area contributed by atoms with Crippen molar-refractivity contribution in [1.82, 2.24) is 4.98 Å². The van der Waals surface area contributed by atoms with Crippen molar-refractivity contribution in [3.63, 3.8) is 0 Å². The molecule has 1 aliphatic rings. The third-order valence-electron chi connectivity index (χ3n) is 2.40. The first-order chi connectivity index (χ1) is 7.33. The van der Waals surface area contributed by atoms with Crippen LogP contribution in [0.25, 0.3) is 10.9 Å². The number of benzene rings is 1. The molecule has 2 heterocycles. The van der Waals surface area contributed by atoms with E-state index in [0.717, 1.165) is 16.6 Å². The van der Waals surface area contributed by atoms with E-state index in [9.17, 15) is 4.79 Å². The van der Waals surface area contributed by atoms with Crippen molar-refractivity contribution in [2.45, 2.75) is 5.44 Å². The van der Waals surface area contributed by atoms with E-state index in [2.05, 4.69) is 4.98 Å². The normalized spacial score (nSPS) is 20.8. The topological polar surface area (TPSA) is 42.1 Å². The van der Waals surface area contributed by atoms with Gasteiger partial charge in [-0.25, -0.2) is 0 Å². The minimum atomic E-state index is -0.162. The van der Waals surface area contributed by atoms with Gasteiger partial charge in [-0.1, -0.05) is 30.0 Å². The second-order valence-corrected chi connectivity index (χ2v) is 4.49. The van der Waals surface area contributed by atoms with Gasteiger partial charge in [0, 0.05) is 5.52 Å². The summed E-state index contributed by atoms with van der Waals surface area (Å²) >= 11 is 1.52. The summed E-state index contributed by atoms with van der Waals surface area (Å²) in [6.45, 7) is 0. The van der Waals surface area contributed by atoms with Crippen LogP contribution >= 0.6 is 11.8 Å². The lowest BCUT2D eigenvalue weighted by atomic mass is 10.2. The van der Waals surface area contributed by atoms with E-state index < -0.39 is 0 Å². The van der Waals surface area contributed by atoms with Gasteiger partial charge in [0.1, 0.15) is 0 Å². The number of esters is 1. The van der Waals surface area contributed by atoms with E-state index in [-0.39, 0.29) is 11.4 Å². The Morgan fingerprint density at radius 2 is 2.27 bits per heavy atom. The SMILES string of the molecule is O=C1CSC(c2cc3ccccc3[nH]2)O1. The Morgan fingerprint density at radius 3 is 3.00 bits per heavy atom. The molecule has 1 aromatic heterocycles. The van der Waals surface area contributed by atoms with Crippen LogP contribution in [0.5, 0.6) is 0 Å². The quantitative estimate of drug-likeness (QED) is 0.749. The minimum absolute atomic E-state index is 0.136. The lowest BCUT2D eigenvalue weighted by Gasteiger charge is -2.04. The predicted octanol–water partition coefficient (Wildman–Crippen LogP) is 2.46. The zero-order valence-corrected chi connectivity index (χ0v) is 8.71. The molecular weight excluding hydrogens is 210 g/mol. The van der Waals surface area contributed by atoms with E-state index >= 15 is 0 Å². The third-order valence-corrected chi connectivity index (χ3v) is 3.45. The fourth-order valence-corrected chi connectivity index (χ4v) is 2.54. The molecule has 3 nitrogen and oxygen atoms in total. The molecule has 1 unspecified atom stereocenters. The second kappa shape index (κ2) is 3.31. The van der Waals surface area contributed by atoms with Crippen LogP contribution in [0.3, 0.4) is 0 Å². The minimum Gasteiger partial charge on any atom is -0.444 e. The first-order valence-electron chi connectivity index (χ1n) is 4.72. The second-order valence-electron chi connectivity index (χ2n) is 3.44. The Kier molecular flexibility index (Phi) is 1.95. The third kappa shape index (κ3) is 1.51. The number of aromatic nitrogens is 1. The number of nitrogens with one attached hydrogen (secondary N) is 1. The van der Waals surface area contributed by atoms with Crippen molar-refractivity contribution in [2.75, 3.05) is 5.75 Å². The summed E-state index contributed by atoms with van der Waals surface area (Å²) in [6.07, 6.45) is 0. The molecule has 1 fully saturated rings. The van der Waals surface area contributed by atoms with Gasteiger partial charge in [0.25, 0.3) is 0 Å². The number of cyclic esters (lactones) is 1. The van der Waals surface area contributed by atoms with Crippen LogP contribution in [0.15, 0.2) is 30.3 Å². The molecule has 0 spiro atoms. The average molecular weight is 219 g/mol. The zero-order chi connectivity index (χ0) is 10.3. The summed E-state index contributed by atoms with van der Waals surface area (Å²) in [5, 5.41) is 1.15. The summed E-state index contributed by atoms with van der Waals surface area (Å²) < 4.78 is 5.17. The molecule has 1 N–H and O–H groups in total. The number of carbonyl (C=O) groups is 1. The summed E-state index contributed by atoms with van der Waals surface area (Å²) in [5.74, 6) is 0.309. The van der Waals surface area contributed by atoms with Gasteiger partial charge in [0.15, 0.2) is 5.44 Å². The molecule has 76 valence electrons. The van der Waals surface area contributed by atoms with Crippen molar-refractivity contribution in [2.24, 2.45) is 0 Å². The average Bonchev–Trinajstić information content (AvgIpc) is 2.82. The standard InChI is InChI=1S/C11H9NO2S/c13-10-6-15-11(14-10)9-5-7-3-1-2-4-8(7)12-9/h1-5,11-12H,6H2. The number of carbonyl (C=O) groups excluding carboxylic acids is 1. The van der Waals surface area contributed by atoms with E-state index in [4.69, 9.17) is 4.74 Å². The molecule has 0 aliphatic carbocycles. The predicted molar refractivity (Wildman–Crippen MR) is 59.6 cm³/mol. The van der Waals surface area contributed by atoms with E-state index in [1.165, 1.54) is 11.8 Å². The van der Waals surface area contributed by atoms with Crippen LogP contribution in [0.4, 0.5) is 0 Å². The molecule has 1 aromatic carbocycles. The lowest BCUT2D eigenvalue weighted by molar-refractivity contribution is -0.140. The highest BCUT2D eigenvalue weighted by atomic mass is 32.2. The van der Waals surface area contributed by atoms with Gasteiger partial charge in [0.2, 0.25) is 0 Å². The molecule has 0 radical (unpaired) electrons. The number of fused-ring (bicyclic) bond motifs is 1. The van der Waals surface area contributed by atoms with Gasteiger partial charge in [-0.05, 0) is 17.5 Å². The maximum atomic E-state index is 11.0. The van der Waals surface area contributed by atoms with Gasteiger partial charge < -0.3 is 9.72 Å². The number of hydrogen-bond donors (Lipinski definition) is 1. The van der Waals surface area contributed by atoms with E-state index in [0.29, 0.717) is 5.75 Å². The fraction of sp³-hybridized carbons (Fsp3) is 0.182. The summed E-state index contributed by atoms with van der Waals surface area (Å²) in [7, 11) is 0. The molecule has 1 saturated heterocycles. The van der Waals surface area contributed by atoms with Crippen molar-refractivity contribution >= 4 is 28.6 Å². The number of aromatic amines is 1. The van der Waals surface area contributed by atoms with Crippen LogP contribution in [0.2, 0.25) is 0 Å². The first-order valence-corrected chi connectivity index (χ1v) is 5.76.